The minimum absolute atomic E-state index is 0. The van der Waals surface area contributed by atoms with Gasteiger partial charge in [0.2, 0.25) is 5.91 Å². The maximum absolute atomic E-state index is 12.9. The van der Waals surface area contributed by atoms with Crippen molar-refractivity contribution in [3.63, 3.8) is 0 Å². The molecule has 2 atom stereocenters. The first-order valence-corrected chi connectivity index (χ1v) is 8.68. The summed E-state index contributed by atoms with van der Waals surface area (Å²) >= 11 is 12.4. The summed E-state index contributed by atoms with van der Waals surface area (Å²) in [6.07, 6.45) is 4.82. The van der Waals surface area contributed by atoms with E-state index < -0.39 is 0 Å². The van der Waals surface area contributed by atoms with Crippen LogP contribution in [0.4, 0.5) is 0 Å². The number of rotatable bonds is 1. The first-order valence-electron chi connectivity index (χ1n) is 7.93. The fourth-order valence-corrected chi connectivity index (χ4v) is 4.35. The zero-order valence-electron chi connectivity index (χ0n) is 13.3. The molecular formula is C17H23Cl3N2O. The topological polar surface area (TPSA) is 46.3 Å². The second-order valence-corrected chi connectivity index (χ2v) is 7.68. The van der Waals surface area contributed by atoms with Crippen LogP contribution in [0.3, 0.4) is 0 Å². The Labute approximate surface area is 153 Å². The normalized spacial score (nSPS) is 27.1. The smallest absolute Gasteiger partial charge is 0.227 e. The van der Waals surface area contributed by atoms with Gasteiger partial charge in [-0.05, 0) is 49.4 Å². The molecule has 1 aromatic carbocycles. The van der Waals surface area contributed by atoms with Gasteiger partial charge in [0.1, 0.15) is 0 Å². The number of nitrogens with zero attached hydrogens (tertiary/aromatic N) is 1. The third kappa shape index (κ3) is 3.79. The van der Waals surface area contributed by atoms with Gasteiger partial charge in [-0.15, -0.1) is 12.4 Å². The lowest BCUT2D eigenvalue weighted by Crippen LogP contribution is -2.54. The Balaban J connectivity index is 0.00000192. The Bertz CT molecular complexity index is 604. The molecule has 128 valence electrons. The van der Waals surface area contributed by atoms with Crippen LogP contribution in [-0.4, -0.2) is 22.9 Å². The van der Waals surface area contributed by atoms with E-state index in [1.165, 1.54) is 0 Å². The Morgan fingerprint density at radius 2 is 2.09 bits per heavy atom. The molecule has 2 N–H and O–H groups in total. The van der Waals surface area contributed by atoms with Crippen molar-refractivity contribution >= 4 is 41.5 Å². The highest BCUT2D eigenvalue weighted by molar-refractivity contribution is 6.35. The highest BCUT2D eigenvalue weighted by Crippen LogP contribution is 2.35. The second-order valence-electron chi connectivity index (χ2n) is 6.84. The Morgan fingerprint density at radius 3 is 2.78 bits per heavy atom. The van der Waals surface area contributed by atoms with Crippen LogP contribution < -0.4 is 5.73 Å². The highest BCUT2D eigenvalue weighted by Gasteiger charge is 2.40. The molecule has 3 rings (SSSR count). The Hall–Kier alpha value is -0.480. The molecule has 3 nitrogen and oxygen atoms in total. The average Bonchev–Trinajstić information content (AvgIpc) is 2.45. The van der Waals surface area contributed by atoms with Crippen LogP contribution in [0.15, 0.2) is 12.1 Å². The van der Waals surface area contributed by atoms with Crippen LogP contribution in [0, 0.1) is 5.92 Å². The number of fused-ring (bicyclic) bond motifs is 1. The molecule has 1 amide bonds. The maximum atomic E-state index is 12.9. The van der Waals surface area contributed by atoms with Crippen molar-refractivity contribution in [2.45, 2.75) is 51.1 Å². The van der Waals surface area contributed by atoms with Crippen molar-refractivity contribution in [1.82, 2.24) is 4.90 Å². The van der Waals surface area contributed by atoms with Gasteiger partial charge in [0.15, 0.2) is 0 Å². The van der Waals surface area contributed by atoms with Crippen LogP contribution in [0.2, 0.25) is 10.0 Å². The van der Waals surface area contributed by atoms with Gasteiger partial charge in [0, 0.05) is 28.7 Å². The van der Waals surface area contributed by atoms with Gasteiger partial charge in [-0.3, -0.25) is 4.79 Å². The van der Waals surface area contributed by atoms with Crippen LogP contribution in [0.5, 0.6) is 0 Å². The van der Waals surface area contributed by atoms with E-state index in [0.717, 1.165) is 49.8 Å². The molecule has 1 aromatic rings. The summed E-state index contributed by atoms with van der Waals surface area (Å²) in [5, 5.41) is 1.31. The van der Waals surface area contributed by atoms with E-state index >= 15 is 0 Å². The number of halogens is 3. The molecule has 23 heavy (non-hydrogen) atoms. The zero-order chi connectivity index (χ0) is 15.9. The van der Waals surface area contributed by atoms with Gasteiger partial charge in [-0.1, -0.05) is 36.0 Å². The average molecular weight is 378 g/mol. The van der Waals surface area contributed by atoms with Gasteiger partial charge in [-0.2, -0.15) is 0 Å². The summed E-state index contributed by atoms with van der Waals surface area (Å²) in [6, 6.07) is 3.71. The highest BCUT2D eigenvalue weighted by atomic mass is 35.5. The number of benzene rings is 1. The summed E-state index contributed by atoms with van der Waals surface area (Å²) in [4.78, 5) is 14.9. The van der Waals surface area contributed by atoms with Crippen LogP contribution in [0.25, 0.3) is 0 Å². The van der Waals surface area contributed by atoms with Gasteiger partial charge in [0.25, 0.3) is 0 Å². The lowest BCUT2D eigenvalue weighted by atomic mass is 9.73. The third-order valence-electron chi connectivity index (χ3n) is 5.12. The van der Waals surface area contributed by atoms with Crippen molar-refractivity contribution in [1.29, 1.82) is 0 Å². The number of hydrogen-bond acceptors (Lipinski definition) is 2. The van der Waals surface area contributed by atoms with Gasteiger partial charge >= 0.3 is 0 Å². The van der Waals surface area contributed by atoms with Gasteiger partial charge < -0.3 is 10.6 Å². The van der Waals surface area contributed by atoms with Gasteiger partial charge in [0.05, 0.1) is 5.92 Å². The lowest BCUT2D eigenvalue weighted by Gasteiger charge is -2.41. The van der Waals surface area contributed by atoms with Crippen molar-refractivity contribution in [3.05, 3.63) is 33.3 Å². The molecule has 1 fully saturated rings. The maximum Gasteiger partial charge on any atom is 0.227 e. The minimum Gasteiger partial charge on any atom is -0.338 e. The fourth-order valence-electron chi connectivity index (χ4n) is 3.75. The molecular weight excluding hydrogens is 355 g/mol. The summed E-state index contributed by atoms with van der Waals surface area (Å²) in [5.41, 5.74) is 8.17. The van der Waals surface area contributed by atoms with E-state index in [2.05, 4.69) is 0 Å². The standard InChI is InChI=1S/C17H22Cl2N2O.ClH/c1-17(20)6-3-2-4-14(17)16(22)21-7-5-11-8-12(18)9-15(19)13(11)10-21;/h8-9,14H,2-7,10,20H2,1H3;1H. The summed E-state index contributed by atoms with van der Waals surface area (Å²) < 4.78 is 0. The molecule has 1 aliphatic carbocycles. The second kappa shape index (κ2) is 7.18. The molecule has 0 aromatic heterocycles. The van der Waals surface area contributed by atoms with Crippen LogP contribution in [-0.2, 0) is 17.8 Å². The van der Waals surface area contributed by atoms with Crippen molar-refractivity contribution in [2.24, 2.45) is 11.7 Å². The Kier molecular flexibility index (Phi) is 5.89. The number of carbonyl (C=O) groups is 1. The fraction of sp³-hybridized carbons (Fsp3) is 0.588. The SMILES string of the molecule is CC1(N)CCCCC1C(=O)N1CCc2cc(Cl)cc(Cl)c2C1.Cl. The molecule has 0 spiro atoms. The molecule has 2 unspecified atom stereocenters. The van der Waals surface area contributed by atoms with Crippen molar-refractivity contribution in [2.75, 3.05) is 6.54 Å². The molecule has 1 heterocycles. The Morgan fingerprint density at radius 1 is 1.35 bits per heavy atom. The van der Waals surface area contributed by atoms with E-state index in [-0.39, 0.29) is 29.8 Å². The number of hydrogen-bond donors (Lipinski definition) is 1. The van der Waals surface area contributed by atoms with Crippen LogP contribution in [0.1, 0.15) is 43.7 Å². The summed E-state index contributed by atoms with van der Waals surface area (Å²) in [7, 11) is 0. The quantitative estimate of drug-likeness (QED) is 0.797. The molecule has 2 aliphatic rings. The van der Waals surface area contributed by atoms with E-state index in [0.29, 0.717) is 16.6 Å². The number of carbonyl (C=O) groups excluding carboxylic acids is 1. The minimum atomic E-state index is -0.389. The molecule has 1 aliphatic heterocycles. The van der Waals surface area contributed by atoms with Gasteiger partial charge in [-0.25, -0.2) is 0 Å². The first-order chi connectivity index (χ1) is 10.4. The summed E-state index contributed by atoms with van der Waals surface area (Å²) in [6.45, 7) is 3.30. The van der Waals surface area contributed by atoms with E-state index in [1.54, 1.807) is 6.07 Å². The van der Waals surface area contributed by atoms with E-state index in [4.69, 9.17) is 28.9 Å². The van der Waals surface area contributed by atoms with Crippen molar-refractivity contribution in [3.8, 4) is 0 Å². The van der Waals surface area contributed by atoms with E-state index in [9.17, 15) is 4.79 Å². The molecule has 0 radical (unpaired) electrons. The molecule has 0 bridgehead atoms. The van der Waals surface area contributed by atoms with Crippen molar-refractivity contribution < 1.29 is 4.79 Å². The van der Waals surface area contributed by atoms with Crippen LogP contribution >= 0.6 is 35.6 Å². The molecule has 1 saturated carbocycles. The first kappa shape index (κ1) is 18.9. The predicted octanol–water partition coefficient (Wildman–Crippen LogP) is 4.21. The monoisotopic (exact) mass is 376 g/mol. The number of amides is 1. The third-order valence-corrected chi connectivity index (χ3v) is 5.67. The molecule has 0 saturated heterocycles. The predicted molar refractivity (Wildman–Crippen MR) is 97.4 cm³/mol. The lowest BCUT2D eigenvalue weighted by molar-refractivity contribution is -0.139. The molecule has 6 heteroatoms. The van der Waals surface area contributed by atoms with E-state index in [1.807, 2.05) is 17.9 Å². The largest absolute Gasteiger partial charge is 0.338 e. The number of nitrogens with two attached hydrogens (primary N) is 1. The summed E-state index contributed by atoms with van der Waals surface area (Å²) in [5.74, 6) is 0.107. The zero-order valence-corrected chi connectivity index (χ0v) is 15.6.